The number of imide groups is 1. The molecule has 0 bridgehead atoms. The summed E-state index contributed by atoms with van der Waals surface area (Å²) in [5, 5.41) is 11.9. The van der Waals surface area contributed by atoms with Gasteiger partial charge in [-0.15, -0.1) is 0 Å². The molecule has 25 heavy (non-hydrogen) atoms. The number of benzene rings is 2. The van der Waals surface area contributed by atoms with Crippen molar-refractivity contribution >= 4 is 22.9 Å². The van der Waals surface area contributed by atoms with Crippen molar-refractivity contribution in [3.63, 3.8) is 0 Å². The molecule has 3 rings (SSSR count). The van der Waals surface area contributed by atoms with Gasteiger partial charge in [0.1, 0.15) is 18.5 Å². The second kappa shape index (κ2) is 7.72. The number of nitrogens with one attached hydrogen (secondary N) is 1. The fraction of sp³-hybridized carbons (Fsp3) is 0.263. The van der Waals surface area contributed by atoms with Gasteiger partial charge in [0.25, 0.3) is 5.24 Å². The van der Waals surface area contributed by atoms with Crippen LogP contribution < -0.4 is 10.1 Å². The predicted molar refractivity (Wildman–Crippen MR) is 96.7 cm³/mol. The number of aliphatic hydroxyl groups excluding tert-OH is 1. The molecular formula is C19H19NO4S. The number of aliphatic hydroxyl groups is 1. The highest BCUT2D eigenvalue weighted by Crippen LogP contribution is 2.24. The molecule has 2 N–H and O–H groups in total. The van der Waals surface area contributed by atoms with E-state index in [1.54, 1.807) is 12.1 Å². The second-order valence-electron chi connectivity index (χ2n) is 5.91. The summed E-state index contributed by atoms with van der Waals surface area (Å²) in [6.45, 7) is 2.12. The van der Waals surface area contributed by atoms with Crippen molar-refractivity contribution in [3.8, 4) is 5.75 Å². The predicted octanol–water partition coefficient (Wildman–Crippen LogP) is 3.00. The van der Waals surface area contributed by atoms with E-state index in [1.165, 1.54) is 0 Å². The lowest BCUT2D eigenvalue weighted by atomic mass is 10.0. The lowest BCUT2D eigenvalue weighted by Crippen LogP contribution is -2.25. The summed E-state index contributed by atoms with van der Waals surface area (Å²) in [5.74, 6) is 0.410. The quantitative estimate of drug-likeness (QED) is 0.831. The average molecular weight is 357 g/mol. The van der Waals surface area contributed by atoms with Gasteiger partial charge in [-0.25, -0.2) is 0 Å². The van der Waals surface area contributed by atoms with Gasteiger partial charge in [0.05, 0.1) is 5.25 Å². The molecule has 2 aromatic rings. The Hall–Kier alpha value is -2.31. The Balaban J connectivity index is 1.55. The molecule has 0 radical (unpaired) electrons. The summed E-state index contributed by atoms with van der Waals surface area (Å²) in [6, 6.07) is 15.0. The zero-order valence-corrected chi connectivity index (χ0v) is 14.6. The number of aryl methyl sites for hydroxylation is 1. The van der Waals surface area contributed by atoms with Crippen LogP contribution in [0, 0.1) is 6.92 Å². The van der Waals surface area contributed by atoms with Crippen LogP contribution >= 0.6 is 11.8 Å². The Bertz CT molecular complexity index is 775. The Morgan fingerprint density at radius 3 is 2.52 bits per heavy atom. The number of carbonyl (C=O) groups is 2. The molecule has 1 aliphatic heterocycles. The van der Waals surface area contributed by atoms with Crippen LogP contribution in [0.25, 0.3) is 0 Å². The molecule has 130 valence electrons. The Morgan fingerprint density at radius 2 is 1.88 bits per heavy atom. The van der Waals surface area contributed by atoms with Gasteiger partial charge in [0.15, 0.2) is 0 Å². The van der Waals surface area contributed by atoms with E-state index in [4.69, 9.17) is 4.74 Å². The Kier molecular flexibility index (Phi) is 5.40. The van der Waals surface area contributed by atoms with Gasteiger partial charge in [-0.3, -0.25) is 14.9 Å². The largest absolute Gasteiger partial charge is 0.491 e. The fourth-order valence-corrected chi connectivity index (χ4v) is 3.55. The number of rotatable bonds is 6. The smallest absolute Gasteiger partial charge is 0.286 e. The number of hydrogen-bond acceptors (Lipinski definition) is 5. The Morgan fingerprint density at radius 1 is 1.16 bits per heavy atom. The van der Waals surface area contributed by atoms with E-state index in [0.29, 0.717) is 12.2 Å². The second-order valence-corrected chi connectivity index (χ2v) is 7.09. The van der Waals surface area contributed by atoms with Gasteiger partial charge in [0.2, 0.25) is 5.91 Å². The number of ether oxygens (including phenoxy) is 1. The summed E-state index contributed by atoms with van der Waals surface area (Å²) in [4.78, 5) is 22.8. The highest BCUT2D eigenvalue weighted by molar-refractivity contribution is 8.15. The third-order valence-electron chi connectivity index (χ3n) is 4.07. The zero-order chi connectivity index (χ0) is 17.8. The molecule has 5 nitrogen and oxygen atoms in total. The van der Waals surface area contributed by atoms with Gasteiger partial charge in [-0.2, -0.15) is 0 Å². The molecule has 2 amide bonds. The van der Waals surface area contributed by atoms with E-state index < -0.39 is 6.10 Å². The molecule has 2 aromatic carbocycles. The van der Waals surface area contributed by atoms with E-state index in [2.05, 4.69) is 5.32 Å². The molecule has 0 saturated carbocycles. The minimum absolute atomic E-state index is 0.166. The van der Waals surface area contributed by atoms with Crippen molar-refractivity contribution in [1.29, 1.82) is 0 Å². The molecular weight excluding hydrogens is 338 g/mol. The van der Waals surface area contributed by atoms with E-state index in [1.807, 2.05) is 43.3 Å². The van der Waals surface area contributed by atoms with Crippen molar-refractivity contribution in [2.24, 2.45) is 0 Å². The zero-order valence-electron chi connectivity index (χ0n) is 13.8. The van der Waals surface area contributed by atoms with E-state index >= 15 is 0 Å². The van der Waals surface area contributed by atoms with Crippen LogP contribution in [0.3, 0.4) is 0 Å². The van der Waals surface area contributed by atoms with Crippen LogP contribution in [-0.4, -0.2) is 28.1 Å². The van der Waals surface area contributed by atoms with Gasteiger partial charge in [-0.05, 0) is 42.2 Å². The van der Waals surface area contributed by atoms with Crippen LogP contribution in [0.2, 0.25) is 0 Å². The maximum absolute atomic E-state index is 11.6. The van der Waals surface area contributed by atoms with E-state index in [9.17, 15) is 14.7 Å². The molecule has 2 atom stereocenters. The number of thioether (sulfide) groups is 1. The van der Waals surface area contributed by atoms with Gasteiger partial charge in [-0.1, -0.05) is 48.2 Å². The van der Waals surface area contributed by atoms with Crippen molar-refractivity contribution in [3.05, 3.63) is 65.2 Å². The molecule has 0 aliphatic carbocycles. The summed E-state index contributed by atoms with van der Waals surface area (Å²) in [6.07, 6.45) is -0.195. The minimum Gasteiger partial charge on any atom is -0.491 e. The van der Waals surface area contributed by atoms with Crippen molar-refractivity contribution < 1.29 is 19.4 Å². The van der Waals surface area contributed by atoms with Crippen molar-refractivity contribution in [1.82, 2.24) is 5.32 Å². The third-order valence-corrected chi connectivity index (χ3v) is 5.05. The maximum Gasteiger partial charge on any atom is 0.286 e. The maximum atomic E-state index is 11.6. The fourth-order valence-electron chi connectivity index (χ4n) is 2.69. The molecule has 1 fully saturated rings. The van der Waals surface area contributed by atoms with Crippen molar-refractivity contribution in [2.45, 2.75) is 24.7 Å². The van der Waals surface area contributed by atoms with Gasteiger partial charge in [0, 0.05) is 0 Å². The standard InChI is InChI=1S/C19H19NO4S/c1-12-4-2-3-5-15(12)16(21)11-24-14-8-6-13(7-9-14)10-17-18(22)20-19(23)25-17/h2-9,16-17,21H,10-11H2,1H3,(H,20,22,23)/t16-,17?/m1/s1. The Labute approximate surface area is 150 Å². The summed E-state index contributed by atoms with van der Waals surface area (Å²) < 4.78 is 5.65. The van der Waals surface area contributed by atoms with Crippen LogP contribution in [0.1, 0.15) is 22.8 Å². The first-order valence-corrected chi connectivity index (χ1v) is 8.87. The topological polar surface area (TPSA) is 75.6 Å². The number of carbonyl (C=O) groups excluding carboxylic acids is 2. The van der Waals surface area contributed by atoms with Crippen LogP contribution in [-0.2, 0) is 11.2 Å². The summed E-state index contributed by atoms with van der Waals surface area (Å²) >= 11 is 1.02. The van der Waals surface area contributed by atoms with E-state index in [-0.39, 0.29) is 23.0 Å². The highest BCUT2D eigenvalue weighted by atomic mass is 32.2. The SMILES string of the molecule is Cc1ccccc1[C@H](O)COc1ccc(CC2SC(=O)NC2=O)cc1. The molecule has 0 aromatic heterocycles. The number of amides is 2. The summed E-state index contributed by atoms with van der Waals surface area (Å²) in [5.41, 5.74) is 2.83. The van der Waals surface area contributed by atoms with Crippen LogP contribution in [0.5, 0.6) is 5.75 Å². The van der Waals surface area contributed by atoms with Crippen molar-refractivity contribution in [2.75, 3.05) is 6.61 Å². The average Bonchev–Trinajstić information content (AvgIpc) is 2.91. The first-order chi connectivity index (χ1) is 12.0. The normalized spacial score (nSPS) is 18.1. The molecule has 1 unspecified atom stereocenters. The molecule has 6 heteroatoms. The molecule has 1 heterocycles. The minimum atomic E-state index is -0.689. The molecule has 1 saturated heterocycles. The van der Waals surface area contributed by atoms with Gasteiger partial charge >= 0.3 is 0 Å². The summed E-state index contributed by atoms with van der Waals surface area (Å²) in [7, 11) is 0. The van der Waals surface area contributed by atoms with Gasteiger partial charge < -0.3 is 9.84 Å². The van der Waals surface area contributed by atoms with Crippen LogP contribution in [0.4, 0.5) is 4.79 Å². The molecule has 0 spiro atoms. The first kappa shape index (κ1) is 17.5. The number of hydrogen-bond donors (Lipinski definition) is 2. The monoisotopic (exact) mass is 357 g/mol. The third kappa shape index (κ3) is 4.41. The first-order valence-electron chi connectivity index (χ1n) is 8.00. The highest BCUT2D eigenvalue weighted by Gasteiger charge is 2.31. The van der Waals surface area contributed by atoms with E-state index in [0.717, 1.165) is 28.5 Å². The van der Waals surface area contributed by atoms with Crippen LogP contribution in [0.15, 0.2) is 48.5 Å². The lowest BCUT2D eigenvalue weighted by Gasteiger charge is -2.15. The molecule has 1 aliphatic rings. The lowest BCUT2D eigenvalue weighted by molar-refractivity contribution is -0.118.